The van der Waals surface area contributed by atoms with E-state index in [0.717, 1.165) is 9.13 Å². The minimum atomic E-state index is -0.872. The fourth-order valence-corrected chi connectivity index (χ4v) is 2.76. The van der Waals surface area contributed by atoms with Gasteiger partial charge in [0, 0.05) is 14.1 Å². The zero-order valence-corrected chi connectivity index (χ0v) is 15.0. The van der Waals surface area contributed by atoms with Crippen LogP contribution < -0.4 is 26.5 Å². The normalized spacial score (nSPS) is 12.1. The van der Waals surface area contributed by atoms with Crippen LogP contribution in [0.2, 0.25) is 5.02 Å². The summed E-state index contributed by atoms with van der Waals surface area (Å²) in [5.74, 6) is -1.43. The second kappa shape index (κ2) is 6.80. The van der Waals surface area contributed by atoms with Gasteiger partial charge in [0.05, 0.1) is 10.6 Å². The first-order valence-electron chi connectivity index (χ1n) is 7.57. The Labute approximate surface area is 156 Å². The molecule has 27 heavy (non-hydrogen) atoms. The van der Waals surface area contributed by atoms with Gasteiger partial charge < -0.3 is 19.9 Å². The number of nitrogens with two attached hydrogens (primary N) is 1. The molecule has 0 fully saturated rings. The molecule has 0 spiro atoms. The number of Topliss-reactive ketones (excluding diaryl/α,β-unsaturated/α-hetero) is 1. The van der Waals surface area contributed by atoms with Crippen LogP contribution in [-0.2, 0) is 18.8 Å². The minimum Gasteiger partial charge on any atom is -0.454 e. The van der Waals surface area contributed by atoms with Gasteiger partial charge in [0.15, 0.2) is 18.1 Å². The zero-order valence-electron chi connectivity index (χ0n) is 14.3. The third-order valence-corrected chi connectivity index (χ3v) is 4.27. The summed E-state index contributed by atoms with van der Waals surface area (Å²) < 4.78 is 16.9. The number of anilines is 1. The van der Waals surface area contributed by atoms with Gasteiger partial charge in [-0.05, 0) is 12.1 Å². The Morgan fingerprint density at radius 1 is 1.22 bits per heavy atom. The van der Waals surface area contributed by atoms with Crippen molar-refractivity contribution in [1.29, 1.82) is 0 Å². The summed E-state index contributed by atoms with van der Waals surface area (Å²) in [5.41, 5.74) is 3.75. The number of nitrogens with zero attached hydrogens (tertiary/aromatic N) is 2. The van der Waals surface area contributed by atoms with Crippen LogP contribution in [0.15, 0.2) is 21.7 Å². The van der Waals surface area contributed by atoms with Crippen LogP contribution in [0.4, 0.5) is 5.82 Å². The smallest absolute Gasteiger partial charge is 0.338 e. The van der Waals surface area contributed by atoms with Crippen molar-refractivity contribution in [3.05, 3.63) is 49.1 Å². The first-order chi connectivity index (χ1) is 12.7. The lowest BCUT2D eigenvalue weighted by Gasteiger charge is -2.11. The van der Waals surface area contributed by atoms with E-state index in [0.29, 0.717) is 5.75 Å². The van der Waals surface area contributed by atoms with Gasteiger partial charge in [0.1, 0.15) is 11.4 Å². The molecule has 0 aliphatic carbocycles. The molecule has 10 nitrogen and oxygen atoms in total. The number of carbonyl (C=O) groups is 2. The molecule has 0 saturated carbocycles. The number of ketones is 1. The Morgan fingerprint density at radius 2 is 1.93 bits per heavy atom. The molecule has 0 saturated heterocycles. The molecular weight excluding hydrogens is 382 g/mol. The molecule has 3 rings (SSSR count). The van der Waals surface area contributed by atoms with Gasteiger partial charge >= 0.3 is 11.7 Å². The van der Waals surface area contributed by atoms with Crippen LogP contribution in [0.3, 0.4) is 0 Å². The summed E-state index contributed by atoms with van der Waals surface area (Å²) in [5, 5.41) is 0.152. The van der Waals surface area contributed by atoms with E-state index in [-0.39, 0.29) is 28.9 Å². The Hall–Kier alpha value is -3.27. The lowest BCUT2D eigenvalue weighted by atomic mass is 10.2. The molecule has 0 bridgehead atoms. The van der Waals surface area contributed by atoms with Crippen LogP contribution in [0, 0.1) is 0 Å². The number of rotatable bonds is 4. The second-order valence-electron chi connectivity index (χ2n) is 5.66. The SMILES string of the molecule is Cn1c(N)c(C(=O)COC(=O)c2cc(Cl)c3c(c2)OCO3)c(=O)n(C)c1=O. The number of hydrogen-bond donors (Lipinski definition) is 1. The van der Waals surface area contributed by atoms with Crippen molar-refractivity contribution < 1.29 is 23.8 Å². The van der Waals surface area contributed by atoms with E-state index in [1.54, 1.807) is 0 Å². The molecule has 2 N–H and O–H groups in total. The molecule has 1 aromatic heterocycles. The largest absolute Gasteiger partial charge is 0.454 e. The second-order valence-corrected chi connectivity index (χ2v) is 6.06. The minimum absolute atomic E-state index is 0.0264. The fourth-order valence-electron chi connectivity index (χ4n) is 2.49. The van der Waals surface area contributed by atoms with Gasteiger partial charge in [0.2, 0.25) is 12.6 Å². The molecular formula is C16H14ClN3O7. The number of carbonyl (C=O) groups excluding carboxylic acids is 2. The zero-order chi connectivity index (χ0) is 19.9. The average molecular weight is 396 g/mol. The van der Waals surface area contributed by atoms with E-state index in [1.165, 1.54) is 26.2 Å². The average Bonchev–Trinajstić information content (AvgIpc) is 3.12. The van der Waals surface area contributed by atoms with E-state index in [2.05, 4.69) is 0 Å². The Balaban J connectivity index is 1.81. The molecule has 11 heteroatoms. The summed E-state index contributed by atoms with van der Waals surface area (Å²) in [4.78, 5) is 48.5. The van der Waals surface area contributed by atoms with Crippen molar-refractivity contribution in [3.8, 4) is 11.5 Å². The first kappa shape index (κ1) is 18.5. The number of aromatic nitrogens is 2. The van der Waals surface area contributed by atoms with Gasteiger partial charge in [-0.25, -0.2) is 9.59 Å². The Kier molecular flexibility index (Phi) is 4.66. The van der Waals surface area contributed by atoms with E-state index < -0.39 is 35.2 Å². The van der Waals surface area contributed by atoms with Gasteiger partial charge in [-0.15, -0.1) is 0 Å². The van der Waals surface area contributed by atoms with Crippen molar-refractivity contribution in [2.24, 2.45) is 14.1 Å². The number of ether oxygens (including phenoxy) is 3. The molecule has 1 aliphatic heterocycles. The number of fused-ring (bicyclic) bond motifs is 1. The third kappa shape index (κ3) is 3.14. The summed E-state index contributed by atoms with van der Waals surface area (Å²) >= 11 is 6.00. The van der Waals surface area contributed by atoms with Crippen LogP contribution >= 0.6 is 11.6 Å². The van der Waals surface area contributed by atoms with Crippen molar-refractivity contribution in [2.75, 3.05) is 19.1 Å². The van der Waals surface area contributed by atoms with Crippen molar-refractivity contribution in [1.82, 2.24) is 9.13 Å². The molecule has 1 aliphatic rings. The van der Waals surface area contributed by atoms with Crippen LogP contribution in [0.1, 0.15) is 20.7 Å². The predicted molar refractivity (Wildman–Crippen MR) is 93.5 cm³/mol. The highest BCUT2D eigenvalue weighted by molar-refractivity contribution is 6.32. The number of halogens is 1. The lowest BCUT2D eigenvalue weighted by Crippen LogP contribution is -2.42. The Bertz CT molecular complexity index is 1090. The molecule has 0 atom stereocenters. The molecule has 0 radical (unpaired) electrons. The maximum Gasteiger partial charge on any atom is 0.338 e. The highest BCUT2D eigenvalue weighted by atomic mass is 35.5. The topological polar surface area (TPSA) is 132 Å². The number of nitrogen functional groups attached to an aromatic ring is 1. The highest BCUT2D eigenvalue weighted by Crippen LogP contribution is 2.39. The van der Waals surface area contributed by atoms with E-state index in [4.69, 9.17) is 31.5 Å². The number of hydrogen-bond acceptors (Lipinski definition) is 8. The fraction of sp³-hybridized carbons (Fsp3) is 0.250. The van der Waals surface area contributed by atoms with Gasteiger partial charge in [-0.2, -0.15) is 0 Å². The van der Waals surface area contributed by atoms with Gasteiger partial charge in [0.25, 0.3) is 5.56 Å². The summed E-state index contributed by atoms with van der Waals surface area (Å²) in [6, 6.07) is 2.67. The number of benzene rings is 1. The summed E-state index contributed by atoms with van der Waals surface area (Å²) in [6.45, 7) is -0.774. The maximum atomic E-state index is 12.3. The van der Waals surface area contributed by atoms with Gasteiger partial charge in [-0.3, -0.25) is 18.7 Å². The molecule has 2 heterocycles. The van der Waals surface area contributed by atoms with Crippen LogP contribution in [-0.4, -0.2) is 34.3 Å². The standard InChI is InChI=1S/C16H14ClN3O7/c1-19-13(18)11(14(22)20(2)16(19)24)9(21)5-25-15(23)7-3-8(17)12-10(4-7)26-6-27-12/h3-4H,5-6,18H2,1-2H3. The molecule has 0 unspecified atom stereocenters. The summed E-state index contributed by atoms with van der Waals surface area (Å²) in [7, 11) is 2.52. The molecule has 1 aromatic carbocycles. The molecule has 142 valence electrons. The quantitative estimate of drug-likeness (QED) is 0.569. The van der Waals surface area contributed by atoms with Crippen LogP contribution in [0.25, 0.3) is 0 Å². The molecule has 2 aromatic rings. The van der Waals surface area contributed by atoms with Gasteiger partial charge in [-0.1, -0.05) is 11.6 Å². The van der Waals surface area contributed by atoms with Crippen molar-refractivity contribution >= 4 is 29.2 Å². The van der Waals surface area contributed by atoms with E-state index in [1.807, 2.05) is 0 Å². The van der Waals surface area contributed by atoms with Crippen molar-refractivity contribution in [3.63, 3.8) is 0 Å². The highest BCUT2D eigenvalue weighted by Gasteiger charge is 2.24. The Morgan fingerprint density at radius 3 is 2.63 bits per heavy atom. The van der Waals surface area contributed by atoms with E-state index in [9.17, 15) is 19.2 Å². The number of esters is 1. The van der Waals surface area contributed by atoms with Crippen LogP contribution in [0.5, 0.6) is 11.5 Å². The maximum absolute atomic E-state index is 12.3. The van der Waals surface area contributed by atoms with E-state index >= 15 is 0 Å². The predicted octanol–water partition coefficient (Wildman–Crippen LogP) is 0.0880. The third-order valence-electron chi connectivity index (χ3n) is 3.99. The first-order valence-corrected chi connectivity index (χ1v) is 7.95. The lowest BCUT2D eigenvalue weighted by molar-refractivity contribution is 0.0474. The summed E-state index contributed by atoms with van der Waals surface area (Å²) in [6.07, 6.45) is 0. The monoisotopic (exact) mass is 395 g/mol. The molecule has 0 amide bonds. The van der Waals surface area contributed by atoms with Crippen molar-refractivity contribution in [2.45, 2.75) is 0 Å².